The van der Waals surface area contributed by atoms with Crippen molar-refractivity contribution in [3.8, 4) is 5.75 Å². The number of benzene rings is 1. The molecule has 0 aromatic heterocycles. The summed E-state index contributed by atoms with van der Waals surface area (Å²) in [4.78, 5) is 0. The summed E-state index contributed by atoms with van der Waals surface area (Å²) in [5.41, 5.74) is 0.927. The fourth-order valence-corrected chi connectivity index (χ4v) is 2.87. The Balaban J connectivity index is 2.04. The molecule has 0 bridgehead atoms. The number of rotatable bonds is 7. The van der Waals surface area contributed by atoms with Gasteiger partial charge in [0, 0.05) is 11.6 Å². The Hall–Kier alpha value is -1.09. The molecule has 112 valence electrons. The Bertz CT molecular complexity index is 415. The molecule has 0 heterocycles. The number of hydrogen-bond donors (Lipinski definition) is 1. The highest BCUT2D eigenvalue weighted by atomic mass is 19.1. The van der Waals surface area contributed by atoms with Gasteiger partial charge in [-0.25, -0.2) is 4.39 Å². The van der Waals surface area contributed by atoms with Gasteiger partial charge in [-0.2, -0.15) is 0 Å². The Labute approximate surface area is 121 Å². The monoisotopic (exact) mass is 279 g/mol. The van der Waals surface area contributed by atoms with Crippen molar-refractivity contribution in [1.29, 1.82) is 0 Å². The first-order valence-electron chi connectivity index (χ1n) is 7.87. The second kappa shape index (κ2) is 7.63. The maximum atomic E-state index is 14.1. The standard InChI is InChI=1S/C17H26FNO/c1-3-11-19-13(2)15-9-6-10-16(18)17(15)20-12-14-7-4-5-8-14/h6,9-10,13-14,19H,3-5,7-8,11-12H2,1-2H3. The van der Waals surface area contributed by atoms with E-state index in [-0.39, 0.29) is 11.9 Å². The lowest BCUT2D eigenvalue weighted by Gasteiger charge is -2.20. The van der Waals surface area contributed by atoms with E-state index >= 15 is 0 Å². The van der Waals surface area contributed by atoms with Crippen molar-refractivity contribution in [3.63, 3.8) is 0 Å². The lowest BCUT2D eigenvalue weighted by Crippen LogP contribution is -2.21. The van der Waals surface area contributed by atoms with Crippen molar-refractivity contribution in [3.05, 3.63) is 29.6 Å². The topological polar surface area (TPSA) is 21.3 Å². The molecule has 2 rings (SSSR count). The molecule has 1 aromatic rings. The zero-order chi connectivity index (χ0) is 14.4. The summed E-state index contributed by atoms with van der Waals surface area (Å²) < 4.78 is 19.9. The third kappa shape index (κ3) is 3.95. The maximum absolute atomic E-state index is 14.1. The number of hydrogen-bond acceptors (Lipinski definition) is 2. The van der Waals surface area contributed by atoms with Crippen LogP contribution in [0.1, 0.15) is 57.6 Å². The van der Waals surface area contributed by atoms with E-state index < -0.39 is 0 Å². The van der Waals surface area contributed by atoms with Gasteiger partial charge in [0.1, 0.15) is 0 Å². The van der Waals surface area contributed by atoms with Gasteiger partial charge in [0.25, 0.3) is 0 Å². The highest BCUT2D eigenvalue weighted by Crippen LogP contribution is 2.31. The van der Waals surface area contributed by atoms with Crippen molar-refractivity contribution in [2.75, 3.05) is 13.2 Å². The van der Waals surface area contributed by atoms with Gasteiger partial charge in [-0.3, -0.25) is 0 Å². The second-order valence-electron chi connectivity index (χ2n) is 5.80. The molecule has 1 fully saturated rings. The Morgan fingerprint density at radius 1 is 1.35 bits per heavy atom. The van der Waals surface area contributed by atoms with E-state index in [0.717, 1.165) is 18.5 Å². The van der Waals surface area contributed by atoms with Gasteiger partial charge in [-0.15, -0.1) is 0 Å². The summed E-state index contributed by atoms with van der Waals surface area (Å²) in [6, 6.07) is 5.32. The van der Waals surface area contributed by atoms with Crippen molar-refractivity contribution >= 4 is 0 Å². The molecule has 20 heavy (non-hydrogen) atoms. The first-order chi connectivity index (χ1) is 9.72. The second-order valence-corrected chi connectivity index (χ2v) is 5.80. The average Bonchev–Trinajstić information content (AvgIpc) is 2.96. The average molecular weight is 279 g/mol. The van der Waals surface area contributed by atoms with Gasteiger partial charge in [0.15, 0.2) is 11.6 Å². The first-order valence-corrected chi connectivity index (χ1v) is 7.87. The summed E-state index contributed by atoms with van der Waals surface area (Å²) >= 11 is 0. The van der Waals surface area contributed by atoms with Gasteiger partial charge < -0.3 is 10.1 Å². The smallest absolute Gasteiger partial charge is 0.165 e. The molecule has 1 unspecified atom stereocenters. The van der Waals surface area contributed by atoms with E-state index in [0.29, 0.717) is 18.3 Å². The van der Waals surface area contributed by atoms with Crippen LogP contribution >= 0.6 is 0 Å². The molecule has 1 saturated carbocycles. The summed E-state index contributed by atoms with van der Waals surface area (Å²) in [7, 11) is 0. The largest absolute Gasteiger partial charge is 0.490 e. The minimum Gasteiger partial charge on any atom is -0.490 e. The van der Waals surface area contributed by atoms with E-state index in [4.69, 9.17) is 4.74 Å². The molecule has 1 atom stereocenters. The number of nitrogens with one attached hydrogen (secondary N) is 1. The van der Waals surface area contributed by atoms with Gasteiger partial charge in [-0.05, 0) is 44.7 Å². The molecule has 3 heteroatoms. The lowest BCUT2D eigenvalue weighted by molar-refractivity contribution is 0.238. The summed E-state index contributed by atoms with van der Waals surface area (Å²) in [6.45, 7) is 5.77. The number of para-hydroxylation sites is 1. The van der Waals surface area contributed by atoms with Crippen LogP contribution in [0.3, 0.4) is 0 Å². The Morgan fingerprint density at radius 2 is 2.10 bits per heavy atom. The SMILES string of the molecule is CCCNC(C)c1cccc(F)c1OCC1CCCC1. The molecule has 1 aliphatic carbocycles. The molecule has 0 aliphatic heterocycles. The normalized spacial score (nSPS) is 17.4. The van der Waals surface area contributed by atoms with E-state index in [1.807, 2.05) is 6.07 Å². The molecule has 1 aromatic carbocycles. The predicted molar refractivity (Wildman–Crippen MR) is 80.6 cm³/mol. The molecular formula is C17H26FNO. The Morgan fingerprint density at radius 3 is 2.80 bits per heavy atom. The molecule has 0 spiro atoms. The minimum atomic E-state index is -0.245. The van der Waals surface area contributed by atoms with Crippen LogP contribution in [-0.4, -0.2) is 13.2 Å². The van der Waals surface area contributed by atoms with Crippen molar-refractivity contribution in [1.82, 2.24) is 5.32 Å². The molecular weight excluding hydrogens is 253 g/mol. The number of ether oxygens (including phenoxy) is 1. The third-order valence-corrected chi connectivity index (χ3v) is 4.10. The quantitative estimate of drug-likeness (QED) is 0.796. The zero-order valence-electron chi connectivity index (χ0n) is 12.6. The van der Waals surface area contributed by atoms with Crippen molar-refractivity contribution in [2.45, 2.75) is 52.0 Å². The fraction of sp³-hybridized carbons (Fsp3) is 0.647. The van der Waals surface area contributed by atoms with E-state index in [1.54, 1.807) is 6.07 Å². The molecule has 2 nitrogen and oxygen atoms in total. The van der Waals surface area contributed by atoms with Crippen LogP contribution in [0, 0.1) is 11.7 Å². The van der Waals surface area contributed by atoms with Gasteiger partial charge >= 0.3 is 0 Å². The van der Waals surface area contributed by atoms with Crippen LogP contribution in [-0.2, 0) is 0 Å². The highest BCUT2D eigenvalue weighted by Gasteiger charge is 2.19. The van der Waals surface area contributed by atoms with Gasteiger partial charge in [0.2, 0.25) is 0 Å². The van der Waals surface area contributed by atoms with Gasteiger partial charge in [0.05, 0.1) is 6.61 Å². The molecule has 0 amide bonds. The van der Waals surface area contributed by atoms with Crippen molar-refractivity contribution < 1.29 is 9.13 Å². The molecule has 1 N–H and O–H groups in total. The lowest BCUT2D eigenvalue weighted by atomic mass is 10.1. The predicted octanol–water partition coefficient (Wildman–Crippen LogP) is 4.46. The zero-order valence-corrected chi connectivity index (χ0v) is 12.6. The summed E-state index contributed by atoms with van der Waals surface area (Å²) in [6.07, 6.45) is 6.07. The summed E-state index contributed by atoms with van der Waals surface area (Å²) in [5.74, 6) is 0.794. The van der Waals surface area contributed by atoms with Crippen molar-refractivity contribution in [2.24, 2.45) is 5.92 Å². The third-order valence-electron chi connectivity index (χ3n) is 4.10. The van der Waals surface area contributed by atoms with E-state index in [1.165, 1.54) is 31.7 Å². The minimum absolute atomic E-state index is 0.115. The maximum Gasteiger partial charge on any atom is 0.165 e. The van der Waals surface area contributed by atoms with Crippen LogP contribution in [0.4, 0.5) is 4.39 Å². The highest BCUT2D eigenvalue weighted by molar-refractivity contribution is 5.37. The van der Waals surface area contributed by atoms with Crippen LogP contribution in [0.15, 0.2) is 18.2 Å². The Kier molecular flexibility index (Phi) is 5.84. The molecule has 0 radical (unpaired) electrons. The fourth-order valence-electron chi connectivity index (χ4n) is 2.87. The van der Waals surface area contributed by atoms with Crippen LogP contribution in [0.25, 0.3) is 0 Å². The van der Waals surface area contributed by atoms with Crippen LogP contribution < -0.4 is 10.1 Å². The summed E-state index contributed by atoms with van der Waals surface area (Å²) in [5, 5.41) is 3.40. The number of halogens is 1. The van der Waals surface area contributed by atoms with E-state index in [2.05, 4.69) is 19.2 Å². The molecule has 0 saturated heterocycles. The van der Waals surface area contributed by atoms with Gasteiger partial charge in [-0.1, -0.05) is 31.9 Å². The van der Waals surface area contributed by atoms with E-state index in [9.17, 15) is 4.39 Å². The van der Waals surface area contributed by atoms with Crippen LogP contribution in [0.5, 0.6) is 5.75 Å². The first kappa shape index (κ1) is 15.3. The molecule has 1 aliphatic rings. The van der Waals surface area contributed by atoms with Crippen LogP contribution in [0.2, 0.25) is 0 Å².